The summed E-state index contributed by atoms with van der Waals surface area (Å²) in [6, 6.07) is 7.89. The summed E-state index contributed by atoms with van der Waals surface area (Å²) < 4.78 is 0. The lowest BCUT2D eigenvalue weighted by molar-refractivity contribution is 0.932. The number of hydrogen-bond donors (Lipinski definition) is 3. The van der Waals surface area contributed by atoms with Crippen molar-refractivity contribution in [1.82, 2.24) is 25.1 Å². The minimum Gasteiger partial charge on any atom is -0.398 e. The van der Waals surface area contributed by atoms with E-state index in [0.29, 0.717) is 22.5 Å². The van der Waals surface area contributed by atoms with Gasteiger partial charge in [-0.25, -0.2) is 9.97 Å². The Morgan fingerprint density at radius 3 is 2.86 bits per heavy atom. The van der Waals surface area contributed by atoms with Crippen molar-refractivity contribution in [3.8, 4) is 21.7 Å². The number of H-pyrrole nitrogens is 2. The normalized spacial score (nSPS) is 14.1. The van der Waals surface area contributed by atoms with Crippen LogP contribution in [0.5, 0.6) is 0 Å². The maximum atomic E-state index is 13.1. The second-order valence-electron chi connectivity index (χ2n) is 7.31. The van der Waals surface area contributed by atoms with E-state index >= 15 is 0 Å². The molecule has 1 aliphatic carbocycles. The smallest absolute Gasteiger partial charge is 0.260 e. The van der Waals surface area contributed by atoms with Crippen LogP contribution in [-0.2, 0) is 0 Å². The van der Waals surface area contributed by atoms with E-state index in [2.05, 4.69) is 20.2 Å². The lowest BCUT2D eigenvalue weighted by Crippen LogP contribution is -2.14. The minimum absolute atomic E-state index is 0.201. The number of hydrogen-bond acceptors (Lipinski definition) is 6. The third-order valence-electron chi connectivity index (χ3n) is 5.44. The molecule has 0 radical (unpaired) electrons. The van der Waals surface area contributed by atoms with Crippen molar-refractivity contribution < 1.29 is 0 Å². The van der Waals surface area contributed by atoms with E-state index in [1.807, 2.05) is 29.6 Å². The van der Waals surface area contributed by atoms with Gasteiger partial charge < -0.3 is 10.7 Å². The van der Waals surface area contributed by atoms with Gasteiger partial charge in [0, 0.05) is 34.0 Å². The molecule has 1 fully saturated rings. The summed E-state index contributed by atoms with van der Waals surface area (Å²) in [5, 5.41) is 11.2. The molecule has 0 atom stereocenters. The van der Waals surface area contributed by atoms with E-state index in [4.69, 9.17) is 10.7 Å². The Labute approximate surface area is 168 Å². The maximum Gasteiger partial charge on any atom is 0.260 e. The number of nitrogens with zero attached hydrogens (tertiary/aromatic N) is 3. The Balaban J connectivity index is 1.74. The Hall–Kier alpha value is -3.52. The first-order chi connectivity index (χ1) is 14.2. The Morgan fingerprint density at radius 2 is 2.07 bits per heavy atom. The van der Waals surface area contributed by atoms with Crippen LogP contribution in [0.1, 0.15) is 24.6 Å². The Bertz CT molecular complexity index is 1450. The molecule has 0 aliphatic heterocycles. The van der Waals surface area contributed by atoms with E-state index in [1.54, 1.807) is 12.4 Å². The molecular formula is C21H16N6OS. The highest BCUT2D eigenvalue weighted by Crippen LogP contribution is 2.42. The van der Waals surface area contributed by atoms with Crippen molar-refractivity contribution in [2.45, 2.75) is 18.8 Å². The number of nitrogen functional groups attached to an aromatic ring is 1. The third-order valence-corrected chi connectivity index (χ3v) is 6.25. The zero-order valence-electron chi connectivity index (χ0n) is 15.3. The topological polar surface area (TPSA) is 113 Å². The first kappa shape index (κ1) is 16.4. The number of nitrogens with two attached hydrogens (primary N) is 1. The molecular weight excluding hydrogens is 384 g/mol. The summed E-state index contributed by atoms with van der Waals surface area (Å²) >= 11 is 1.52. The lowest BCUT2D eigenvalue weighted by atomic mass is 9.95. The second kappa shape index (κ2) is 5.99. The summed E-state index contributed by atoms with van der Waals surface area (Å²) in [4.78, 5) is 25.3. The zero-order chi connectivity index (χ0) is 19.5. The monoisotopic (exact) mass is 400 g/mol. The number of aromatic nitrogens is 5. The fourth-order valence-electron chi connectivity index (χ4n) is 3.86. The van der Waals surface area contributed by atoms with Gasteiger partial charge in [-0.05, 0) is 30.5 Å². The molecule has 1 aliphatic rings. The molecule has 7 nitrogen and oxygen atoms in total. The van der Waals surface area contributed by atoms with Crippen molar-refractivity contribution in [2.24, 2.45) is 0 Å². The van der Waals surface area contributed by atoms with Crippen LogP contribution in [0.4, 0.5) is 5.69 Å². The van der Waals surface area contributed by atoms with E-state index in [0.717, 1.165) is 51.3 Å². The molecule has 1 saturated carbocycles. The maximum absolute atomic E-state index is 13.1. The molecule has 0 amide bonds. The number of benzene rings is 2. The van der Waals surface area contributed by atoms with Crippen LogP contribution in [-0.4, -0.2) is 25.1 Å². The van der Waals surface area contributed by atoms with Crippen molar-refractivity contribution >= 4 is 38.8 Å². The first-order valence-corrected chi connectivity index (χ1v) is 10.3. The number of thiazole rings is 1. The van der Waals surface area contributed by atoms with E-state index in [9.17, 15) is 4.79 Å². The minimum atomic E-state index is -0.201. The second-order valence-corrected chi connectivity index (χ2v) is 8.20. The molecule has 6 rings (SSSR count). The number of anilines is 1. The fraction of sp³-hybridized carbons (Fsp3) is 0.143. The zero-order valence-corrected chi connectivity index (χ0v) is 16.1. The summed E-state index contributed by atoms with van der Waals surface area (Å²) in [7, 11) is 0. The molecule has 0 saturated heterocycles. The SMILES string of the molecule is Nc1c(-c2cccc3[nH]ncc23)cc(-c2nccs2)c2nc(C3CC3)[nH]c(=O)c12. The summed E-state index contributed by atoms with van der Waals surface area (Å²) in [5.74, 6) is 1.07. The van der Waals surface area contributed by atoms with E-state index in [-0.39, 0.29) is 5.56 Å². The quantitative estimate of drug-likeness (QED) is 0.395. The van der Waals surface area contributed by atoms with Crippen molar-refractivity contribution in [3.05, 3.63) is 58.2 Å². The highest BCUT2D eigenvalue weighted by molar-refractivity contribution is 7.13. The van der Waals surface area contributed by atoms with Crippen LogP contribution in [0.2, 0.25) is 0 Å². The van der Waals surface area contributed by atoms with Crippen molar-refractivity contribution in [3.63, 3.8) is 0 Å². The summed E-state index contributed by atoms with van der Waals surface area (Å²) in [6.45, 7) is 0. The van der Waals surface area contributed by atoms with Gasteiger partial charge in [-0.15, -0.1) is 11.3 Å². The van der Waals surface area contributed by atoms with Crippen molar-refractivity contribution in [2.75, 3.05) is 5.73 Å². The van der Waals surface area contributed by atoms with Gasteiger partial charge in [0.25, 0.3) is 5.56 Å². The number of nitrogens with one attached hydrogen (secondary N) is 2. The molecule has 4 N–H and O–H groups in total. The van der Waals surface area contributed by atoms with Gasteiger partial charge in [-0.3, -0.25) is 9.89 Å². The molecule has 3 aromatic heterocycles. The van der Waals surface area contributed by atoms with Gasteiger partial charge in [0.15, 0.2) is 0 Å². The van der Waals surface area contributed by atoms with Gasteiger partial charge in [0.1, 0.15) is 10.8 Å². The number of rotatable bonds is 3. The number of fused-ring (bicyclic) bond motifs is 2. The van der Waals surface area contributed by atoms with Crippen molar-refractivity contribution in [1.29, 1.82) is 0 Å². The molecule has 142 valence electrons. The van der Waals surface area contributed by atoms with Crippen LogP contribution in [0.15, 0.2) is 46.8 Å². The molecule has 8 heteroatoms. The van der Waals surface area contributed by atoms with Gasteiger partial charge in [-0.2, -0.15) is 5.10 Å². The summed E-state index contributed by atoms with van der Waals surface area (Å²) in [6.07, 6.45) is 5.64. The molecule has 3 heterocycles. The third kappa shape index (κ3) is 2.49. The van der Waals surface area contributed by atoms with Gasteiger partial charge in [0.2, 0.25) is 0 Å². The Kier molecular flexibility index (Phi) is 3.39. The predicted octanol–water partition coefficient (Wildman–Crippen LogP) is 4.05. The highest BCUT2D eigenvalue weighted by Gasteiger charge is 2.28. The van der Waals surface area contributed by atoms with Crippen LogP contribution >= 0.6 is 11.3 Å². The van der Waals surface area contributed by atoms with Gasteiger partial charge in [-0.1, -0.05) is 12.1 Å². The largest absolute Gasteiger partial charge is 0.398 e. The van der Waals surface area contributed by atoms with E-state index in [1.165, 1.54) is 11.3 Å². The fourth-order valence-corrected chi connectivity index (χ4v) is 4.51. The average molecular weight is 400 g/mol. The lowest BCUT2D eigenvalue weighted by Gasteiger charge is -2.14. The van der Waals surface area contributed by atoms with Crippen LogP contribution in [0, 0.1) is 0 Å². The van der Waals surface area contributed by atoms with Gasteiger partial charge in [0.05, 0.1) is 28.3 Å². The molecule has 0 spiro atoms. The Morgan fingerprint density at radius 1 is 1.17 bits per heavy atom. The van der Waals surface area contributed by atoms with E-state index < -0.39 is 0 Å². The highest BCUT2D eigenvalue weighted by atomic mass is 32.1. The molecule has 2 aromatic carbocycles. The standard InChI is InChI=1S/C21H16N6OS/c22-17-12(11-2-1-3-15-14(11)9-24-27-15)8-13(21-23-6-7-29-21)18-16(17)20(28)26-19(25-18)10-4-5-10/h1-3,6-10H,4-5,22H2,(H,24,27)(H,25,26,28). The number of aromatic amines is 2. The predicted molar refractivity (Wildman–Crippen MR) is 115 cm³/mol. The average Bonchev–Trinajstić information content (AvgIpc) is 3.22. The van der Waals surface area contributed by atoms with Crippen LogP contribution in [0.3, 0.4) is 0 Å². The van der Waals surface area contributed by atoms with Gasteiger partial charge >= 0.3 is 0 Å². The molecule has 0 unspecified atom stereocenters. The molecule has 5 aromatic rings. The molecule has 29 heavy (non-hydrogen) atoms. The van der Waals surface area contributed by atoms with Crippen LogP contribution in [0.25, 0.3) is 43.5 Å². The molecule has 0 bridgehead atoms. The first-order valence-electron chi connectivity index (χ1n) is 9.39. The summed E-state index contributed by atoms with van der Waals surface area (Å²) in [5.41, 5.74) is 10.8. The van der Waals surface area contributed by atoms with Crippen LogP contribution < -0.4 is 11.3 Å².